The number of carbonyl (C=O) groups is 1. The molecule has 0 saturated heterocycles. The molecule has 2 aromatic rings. The van der Waals surface area contributed by atoms with Crippen molar-refractivity contribution in [2.75, 3.05) is 0 Å². The Hall–Kier alpha value is -2.09. The Morgan fingerprint density at radius 1 is 1.40 bits per heavy atom. The first-order valence-electron chi connectivity index (χ1n) is 5.70. The minimum absolute atomic E-state index is 0.0814. The maximum atomic E-state index is 13.0. The van der Waals surface area contributed by atoms with Crippen LogP contribution in [0.1, 0.15) is 41.6 Å². The van der Waals surface area contributed by atoms with Crippen LogP contribution in [0.4, 0.5) is 13.2 Å². The zero-order valence-electron chi connectivity index (χ0n) is 10.6. The molecule has 0 aliphatic heterocycles. The first-order chi connectivity index (χ1) is 9.24. The van der Waals surface area contributed by atoms with E-state index < -0.39 is 23.2 Å². The number of oxazole rings is 1. The molecule has 0 unspecified atom stereocenters. The average molecular weight is 288 g/mol. The summed E-state index contributed by atoms with van der Waals surface area (Å²) in [4.78, 5) is 15.2. The lowest BCUT2D eigenvalue weighted by Crippen LogP contribution is -2.19. The number of nitrogens with one attached hydrogen (secondary N) is 1. The largest absolute Gasteiger partial charge is 0.440 e. The highest BCUT2D eigenvalue weighted by atomic mass is 19.4. The molecule has 1 heterocycles. The molecule has 2 N–H and O–H groups in total. The highest BCUT2D eigenvalue weighted by molar-refractivity contribution is 5.97. The van der Waals surface area contributed by atoms with Gasteiger partial charge in [0.25, 0.3) is 5.91 Å². The molecule has 5 nitrogen and oxygen atoms in total. The number of benzene rings is 1. The second-order valence-corrected chi connectivity index (χ2v) is 4.52. The summed E-state index contributed by atoms with van der Waals surface area (Å²) < 4.78 is 44.1. The van der Waals surface area contributed by atoms with Crippen molar-refractivity contribution in [1.82, 2.24) is 10.5 Å². The zero-order valence-corrected chi connectivity index (χ0v) is 10.6. The molecule has 1 aromatic heterocycles. The van der Waals surface area contributed by atoms with E-state index in [1.165, 1.54) is 5.48 Å². The first-order valence-corrected chi connectivity index (χ1v) is 5.70. The molecule has 8 heteroatoms. The number of alkyl halides is 3. The third-order valence-electron chi connectivity index (χ3n) is 2.67. The quantitative estimate of drug-likeness (QED) is 0.657. The fraction of sp³-hybridized carbons (Fsp3) is 0.333. The van der Waals surface area contributed by atoms with Gasteiger partial charge in [-0.1, -0.05) is 13.8 Å². The Kier molecular flexibility index (Phi) is 3.43. The predicted octanol–water partition coefficient (Wildman–Crippen LogP) is 3.09. The minimum atomic E-state index is -4.70. The molecule has 0 saturated carbocycles. The summed E-state index contributed by atoms with van der Waals surface area (Å²) in [6.07, 6.45) is -4.70. The number of hydrogen-bond acceptors (Lipinski definition) is 4. The van der Waals surface area contributed by atoms with E-state index in [1.807, 2.05) is 0 Å². The van der Waals surface area contributed by atoms with Crippen molar-refractivity contribution in [1.29, 1.82) is 0 Å². The normalized spacial score (nSPS) is 12.2. The van der Waals surface area contributed by atoms with Crippen molar-refractivity contribution in [2.45, 2.75) is 25.9 Å². The lowest BCUT2D eigenvalue weighted by Gasteiger charge is -2.08. The number of nitrogens with zero attached hydrogens (tertiary/aromatic N) is 1. The Bertz CT molecular complexity index is 662. The standard InChI is InChI=1S/C12H11F3N2O3/c1-5(2)11-16-8-4-6(10(18)17-19)3-7(9(8)20-11)12(13,14)15/h3-5,19H,1-2H3,(H,17,18). The van der Waals surface area contributed by atoms with E-state index in [2.05, 4.69) is 4.98 Å². The van der Waals surface area contributed by atoms with Crippen LogP contribution in [-0.4, -0.2) is 16.1 Å². The Morgan fingerprint density at radius 3 is 2.55 bits per heavy atom. The third kappa shape index (κ3) is 2.46. The second kappa shape index (κ2) is 4.78. The van der Waals surface area contributed by atoms with E-state index in [1.54, 1.807) is 13.8 Å². The van der Waals surface area contributed by atoms with Crippen molar-refractivity contribution in [3.63, 3.8) is 0 Å². The van der Waals surface area contributed by atoms with Crippen molar-refractivity contribution in [3.8, 4) is 0 Å². The molecule has 108 valence electrons. The van der Waals surface area contributed by atoms with Crippen LogP contribution in [0.25, 0.3) is 11.1 Å². The van der Waals surface area contributed by atoms with Gasteiger partial charge in [-0.15, -0.1) is 0 Å². The van der Waals surface area contributed by atoms with Gasteiger partial charge < -0.3 is 4.42 Å². The van der Waals surface area contributed by atoms with E-state index in [9.17, 15) is 18.0 Å². The molecular formula is C12H11F3N2O3. The Labute approximate surface area is 111 Å². The molecule has 0 radical (unpaired) electrons. The van der Waals surface area contributed by atoms with Crippen LogP contribution in [0.3, 0.4) is 0 Å². The molecule has 0 atom stereocenters. The van der Waals surface area contributed by atoms with Crippen molar-refractivity contribution in [3.05, 3.63) is 29.2 Å². The van der Waals surface area contributed by atoms with Gasteiger partial charge in [-0.25, -0.2) is 10.5 Å². The lowest BCUT2D eigenvalue weighted by atomic mass is 10.1. The molecule has 0 bridgehead atoms. The van der Waals surface area contributed by atoms with E-state index in [0.29, 0.717) is 6.07 Å². The number of hydrogen-bond donors (Lipinski definition) is 2. The van der Waals surface area contributed by atoms with Crippen LogP contribution in [0.15, 0.2) is 16.5 Å². The SMILES string of the molecule is CC(C)c1nc2cc(C(=O)NO)cc(C(F)(F)F)c2o1. The number of carbonyl (C=O) groups excluding carboxylic acids is 1. The van der Waals surface area contributed by atoms with Gasteiger partial charge in [0.2, 0.25) is 0 Å². The van der Waals surface area contributed by atoms with Crippen LogP contribution in [0.5, 0.6) is 0 Å². The number of hydroxylamine groups is 1. The highest BCUT2D eigenvalue weighted by Gasteiger charge is 2.36. The molecular weight excluding hydrogens is 277 g/mol. The highest BCUT2D eigenvalue weighted by Crippen LogP contribution is 2.36. The fourth-order valence-corrected chi connectivity index (χ4v) is 1.70. The number of amides is 1. The Morgan fingerprint density at radius 2 is 2.05 bits per heavy atom. The summed E-state index contributed by atoms with van der Waals surface area (Å²) in [5, 5.41) is 8.52. The monoisotopic (exact) mass is 288 g/mol. The van der Waals surface area contributed by atoms with Crippen molar-refractivity contribution in [2.24, 2.45) is 0 Å². The van der Waals surface area contributed by atoms with Crippen LogP contribution < -0.4 is 5.48 Å². The summed E-state index contributed by atoms with van der Waals surface area (Å²) in [7, 11) is 0. The number of fused-ring (bicyclic) bond motifs is 1. The second-order valence-electron chi connectivity index (χ2n) is 4.52. The summed E-state index contributed by atoms with van der Waals surface area (Å²) >= 11 is 0. The summed E-state index contributed by atoms with van der Waals surface area (Å²) in [6, 6.07) is 1.74. The maximum Gasteiger partial charge on any atom is 0.420 e. The van der Waals surface area contributed by atoms with Gasteiger partial charge in [0.15, 0.2) is 11.5 Å². The van der Waals surface area contributed by atoms with Gasteiger partial charge in [0, 0.05) is 11.5 Å². The van der Waals surface area contributed by atoms with Crippen LogP contribution in [0, 0.1) is 0 Å². The van der Waals surface area contributed by atoms with E-state index in [-0.39, 0.29) is 22.9 Å². The fourth-order valence-electron chi connectivity index (χ4n) is 1.70. The van der Waals surface area contributed by atoms with Crippen LogP contribution in [0.2, 0.25) is 0 Å². The first kappa shape index (κ1) is 14.3. The summed E-state index contributed by atoms with van der Waals surface area (Å²) in [5.41, 5.74) is -0.667. The average Bonchev–Trinajstić information content (AvgIpc) is 2.79. The van der Waals surface area contributed by atoms with E-state index in [0.717, 1.165) is 6.07 Å². The molecule has 20 heavy (non-hydrogen) atoms. The van der Waals surface area contributed by atoms with Gasteiger partial charge in [0.1, 0.15) is 11.1 Å². The van der Waals surface area contributed by atoms with Gasteiger partial charge >= 0.3 is 6.18 Å². The zero-order chi connectivity index (χ0) is 15.1. The Balaban J connectivity index is 2.75. The minimum Gasteiger partial charge on any atom is -0.440 e. The van der Waals surface area contributed by atoms with Gasteiger partial charge in [-0.2, -0.15) is 13.2 Å². The molecule has 0 spiro atoms. The molecule has 1 amide bonds. The molecule has 0 fully saturated rings. The van der Waals surface area contributed by atoms with Gasteiger partial charge in [0.05, 0.1) is 0 Å². The molecule has 1 aromatic carbocycles. The smallest absolute Gasteiger partial charge is 0.420 e. The summed E-state index contributed by atoms with van der Waals surface area (Å²) in [5.74, 6) is -1.10. The van der Waals surface area contributed by atoms with Gasteiger partial charge in [-0.3, -0.25) is 10.0 Å². The van der Waals surface area contributed by atoms with Crippen LogP contribution in [-0.2, 0) is 6.18 Å². The molecule has 2 rings (SSSR count). The lowest BCUT2D eigenvalue weighted by molar-refractivity contribution is -0.136. The van der Waals surface area contributed by atoms with E-state index in [4.69, 9.17) is 9.62 Å². The number of rotatable bonds is 2. The molecule has 0 aliphatic carbocycles. The predicted molar refractivity (Wildman–Crippen MR) is 62.4 cm³/mol. The molecule has 0 aliphatic rings. The van der Waals surface area contributed by atoms with Crippen molar-refractivity contribution >= 4 is 17.0 Å². The topological polar surface area (TPSA) is 75.4 Å². The number of halogens is 3. The van der Waals surface area contributed by atoms with Gasteiger partial charge in [-0.05, 0) is 12.1 Å². The van der Waals surface area contributed by atoms with Crippen molar-refractivity contribution < 1.29 is 27.6 Å². The third-order valence-corrected chi connectivity index (χ3v) is 2.67. The maximum absolute atomic E-state index is 13.0. The summed E-state index contributed by atoms with van der Waals surface area (Å²) in [6.45, 7) is 3.44. The van der Waals surface area contributed by atoms with Crippen LogP contribution >= 0.6 is 0 Å². The van der Waals surface area contributed by atoms with E-state index >= 15 is 0 Å². The number of aromatic nitrogens is 1.